The number of likely N-dealkylation sites (N-methyl/N-ethyl adjacent to an activating group) is 2. The fourth-order valence-electron chi connectivity index (χ4n) is 11.5. The molecule has 12 N–H and O–H groups in total. The maximum absolute atomic E-state index is 14.8. The first-order valence-electron chi connectivity index (χ1n) is 31.9. The topological polar surface area (TPSA) is 365 Å². The number of nitrogens with zero attached hydrogens (tertiary/aromatic N) is 3. The summed E-state index contributed by atoms with van der Waals surface area (Å²) < 4.78 is 17.7. The van der Waals surface area contributed by atoms with Crippen molar-refractivity contribution in [2.24, 2.45) is 41.2 Å². The van der Waals surface area contributed by atoms with Gasteiger partial charge in [0, 0.05) is 59.9 Å². The molecule has 0 aliphatic carbocycles. The molecule has 26 heteroatoms. The maximum Gasteiger partial charge on any atom is 0.410 e. The van der Waals surface area contributed by atoms with Gasteiger partial charge in [-0.1, -0.05) is 118 Å². The lowest BCUT2D eigenvalue weighted by molar-refractivity contribution is -0.148. The number of ether oxygens (including phenoxy) is 3. The van der Waals surface area contributed by atoms with Gasteiger partial charge in [0.1, 0.15) is 30.8 Å². The van der Waals surface area contributed by atoms with Gasteiger partial charge >= 0.3 is 12.1 Å². The zero-order valence-electron chi connectivity index (χ0n) is 56.0. The van der Waals surface area contributed by atoms with Crippen LogP contribution in [0.4, 0.5) is 15.3 Å². The number of anilines is 1. The lowest BCUT2D eigenvalue weighted by Crippen LogP contribution is -2.60. The Balaban J connectivity index is 1.69. The number of nitrogens with two attached hydrogens (primary N) is 2. The number of rotatable bonds is 38. The number of methoxy groups -OCH3 is 2. The van der Waals surface area contributed by atoms with E-state index in [0.29, 0.717) is 61.9 Å². The van der Waals surface area contributed by atoms with Crippen LogP contribution in [0.2, 0.25) is 0 Å². The molecule has 91 heavy (non-hydrogen) atoms. The summed E-state index contributed by atoms with van der Waals surface area (Å²) in [5.41, 5.74) is 8.84. The Morgan fingerprint density at radius 3 is 1.89 bits per heavy atom. The molecule has 0 bridgehead atoms. The van der Waals surface area contributed by atoms with Crippen molar-refractivity contribution in [3.8, 4) is 0 Å². The van der Waals surface area contributed by atoms with Crippen LogP contribution in [-0.4, -0.2) is 175 Å². The third-order valence-corrected chi connectivity index (χ3v) is 17.0. The molecule has 1 aliphatic heterocycles. The number of likely N-dealkylation sites (tertiary alicyclic amines) is 1. The van der Waals surface area contributed by atoms with Gasteiger partial charge in [0.2, 0.25) is 47.3 Å². The van der Waals surface area contributed by atoms with Crippen LogP contribution in [0.15, 0.2) is 54.6 Å². The average molecular weight is 1280 g/mol. The van der Waals surface area contributed by atoms with Gasteiger partial charge in [-0.2, -0.15) is 0 Å². The van der Waals surface area contributed by atoms with Crippen LogP contribution in [0, 0.1) is 29.6 Å². The van der Waals surface area contributed by atoms with E-state index in [1.54, 1.807) is 109 Å². The number of benzene rings is 2. The summed E-state index contributed by atoms with van der Waals surface area (Å²) in [6.07, 6.45) is 0.925. The van der Waals surface area contributed by atoms with E-state index in [2.05, 4.69) is 37.3 Å². The molecule has 12 atom stereocenters. The second-order valence-corrected chi connectivity index (χ2v) is 24.9. The summed E-state index contributed by atoms with van der Waals surface area (Å²) in [6, 6.07) is 8.83. The lowest BCUT2D eigenvalue weighted by atomic mass is 9.89. The number of hydrazine groups is 1. The van der Waals surface area contributed by atoms with Crippen molar-refractivity contribution in [3.05, 3.63) is 65.7 Å². The first kappa shape index (κ1) is 77.8. The molecule has 1 fully saturated rings. The number of aliphatic hydroxyl groups is 1. The largest absolute Gasteiger partial charge is 0.445 e. The van der Waals surface area contributed by atoms with E-state index in [1.807, 2.05) is 32.0 Å². The monoisotopic (exact) mass is 1280 g/mol. The van der Waals surface area contributed by atoms with Crippen molar-refractivity contribution in [1.82, 2.24) is 46.7 Å². The van der Waals surface area contributed by atoms with Crippen LogP contribution in [0.3, 0.4) is 0 Å². The van der Waals surface area contributed by atoms with E-state index < -0.39 is 114 Å². The standard InChI is InChI=1S/C65H106N12O14/c1-15-41(8)56(49(89-13)36-52(80)77-35-23-27-48(77)58(90-14)42(9)59(82)69-43(10)57(81)45-24-18-16-19-25-45)75(11)63(86)54(39(4)5)73-62(85)55(40(6)7)76(12)65(88)91-37-44-30-32-46(33-31-44)70-60(83)47(26-22-34-68-64(66)87)71-61(84)53(38(2)3)72-50(78)28-20-17-21-29-51(79)74-67/h16,18-19,24-25,30-33,38-43,47-49,53-58,81H,15,17,20-23,26-29,34-37,67H2,1-14H3,(H,69,82)(H,70,83)(H,71,84)(H,72,78)(H,73,85)(H,74,79)(H3,66,68,87)/t41-,42?,43+,47-,48-,49+,53?,54-,55?,56-,57+,58+/m0/s1. The Labute approximate surface area is 537 Å². The number of aliphatic hydroxyl groups excluding tert-OH is 1. The van der Waals surface area contributed by atoms with Crippen LogP contribution < -0.4 is 48.9 Å². The van der Waals surface area contributed by atoms with E-state index in [0.717, 1.165) is 0 Å². The number of unbranched alkanes of at least 4 members (excludes halogenated alkanes) is 2. The molecule has 0 aromatic heterocycles. The second-order valence-electron chi connectivity index (χ2n) is 24.9. The van der Waals surface area contributed by atoms with Crippen molar-refractivity contribution in [2.75, 3.05) is 46.7 Å². The fourth-order valence-corrected chi connectivity index (χ4v) is 11.5. The molecule has 3 unspecified atom stereocenters. The molecule has 26 nitrogen and oxygen atoms in total. The summed E-state index contributed by atoms with van der Waals surface area (Å²) in [7, 11) is 6.09. The third kappa shape index (κ3) is 24.3. The van der Waals surface area contributed by atoms with Crippen molar-refractivity contribution in [2.45, 2.75) is 207 Å². The quantitative estimate of drug-likeness (QED) is 0.0191. The minimum absolute atomic E-state index is 0.0894. The van der Waals surface area contributed by atoms with E-state index in [4.69, 9.17) is 25.8 Å². The maximum atomic E-state index is 14.8. The summed E-state index contributed by atoms with van der Waals surface area (Å²) in [6.45, 7) is 18.4. The van der Waals surface area contributed by atoms with Crippen LogP contribution in [0.5, 0.6) is 0 Å². The predicted octanol–water partition coefficient (Wildman–Crippen LogP) is 4.53. The Bertz CT molecular complexity index is 2670. The number of nitrogens with one attached hydrogen (secondary N) is 7. The SMILES string of the molecule is CC[C@H](C)[C@@H]([C@@H](CC(=O)N1CCC[C@H]1[C@H](OC)C(C)C(=O)N[C@H](C)[C@@H](O)c1ccccc1)OC)N(C)C(=O)[C@@H](NC(=O)C(C(C)C)N(C)C(=O)OCc1ccc(NC(=O)[C@H](CCCNC(N)=O)NC(=O)C(NC(=O)CCCCCC(=O)NN)C(C)C)cc1)C(C)C. The van der Waals surface area contributed by atoms with E-state index in [-0.39, 0.29) is 80.7 Å². The first-order chi connectivity index (χ1) is 43.0. The van der Waals surface area contributed by atoms with Crippen molar-refractivity contribution < 1.29 is 67.3 Å². The highest BCUT2D eigenvalue weighted by atomic mass is 16.6. The number of amides is 11. The predicted molar refractivity (Wildman–Crippen MR) is 344 cm³/mol. The molecule has 1 aliphatic rings. The molecule has 510 valence electrons. The van der Waals surface area contributed by atoms with Crippen LogP contribution in [0.25, 0.3) is 0 Å². The molecule has 2 aromatic rings. The van der Waals surface area contributed by atoms with Gasteiger partial charge in [-0.25, -0.2) is 15.4 Å². The third-order valence-electron chi connectivity index (χ3n) is 17.0. The minimum Gasteiger partial charge on any atom is -0.445 e. The molecule has 0 spiro atoms. The summed E-state index contributed by atoms with van der Waals surface area (Å²) >= 11 is 0. The second kappa shape index (κ2) is 39.1. The number of carbonyl (C=O) groups excluding carboxylic acids is 10. The van der Waals surface area contributed by atoms with Crippen LogP contribution in [-0.2, 0) is 59.2 Å². The molecule has 0 radical (unpaired) electrons. The molecule has 1 saturated heterocycles. The minimum atomic E-state index is -1.10. The van der Waals surface area contributed by atoms with Gasteiger partial charge < -0.3 is 66.8 Å². The Morgan fingerprint density at radius 2 is 1.33 bits per heavy atom. The molecule has 1 heterocycles. The number of carbonyl (C=O) groups is 10. The molecule has 11 amide bonds. The summed E-state index contributed by atoms with van der Waals surface area (Å²) in [5.74, 6) is -0.356. The Kier molecular flexibility index (Phi) is 33.4. The van der Waals surface area contributed by atoms with Gasteiger partial charge in [0.05, 0.1) is 48.8 Å². The zero-order valence-corrected chi connectivity index (χ0v) is 56.0. The van der Waals surface area contributed by atoms with Crippen molar-refractivity contribution in [3.63, 3.8) is 0 Å². The van der Waals surface area contributed by atoms with Gasteiger partial charge in [0.25, 0.3) is 0 Å². The lowest BCUT2D eigenvalue weighted by Gasteiger charge is -2.41. The van der Waals surface area contributed by atoms with E-state index in [9.17, 15) is 53.1 Å². The number of hydrogen-bond donors (Lipinski definition) is 10. The highest BCUT2D eigenvalue weighted by Gasteiger charge is 2.44. The summed E-state index contributed by atoms with van der Waals surface area (Å²) in [5, 5.41) is 27.6. The van der Waals surface area contributed by atoms with Crippen LogP contribution in [0.1, 0.15) is 157 Å². The van der Waals surface area contributed by atoms with Gasteiger partial charge in [-0.05, 0) is 92.4 Å². The first-order valence-corrected chi connectivity index (χ1v) is 31.9. The Morgan fingerprint density at radius 1 is 0.703 bits per heavy atom. The van der Waals surface area contributed by atoms with E-state index in [1.165, 1.54) is 26.2 Å². The molecule has 0 saturated carbocycles. The fraction of sp³-hybridized carbons (Fsp3) is 0.662. The van der Waals surface area contributed by atoms with Crippen molar-refractivity contribution >= 4 is 65.1 Å². The number of urea groups is 1. The molecular weight excluding hydrogens is 1170 g/mol. The molecule has 3 rings (SSSR count). The number of primary amides is 1. The van der Waals surface area contributed by atoms with E-state index >= 15 is 0 Å². The highest BCUT2D eigenvalue weighted by Crippen LogP contribution is 2.30. The summed E-state index contributed by atoms with van der Waals surface area (Å²) in [4.78, 5) is 139. The average Bonchev–Trinajstić information content (AvgIpc) is 1.85. The molecule has 2 aromatic carbocycles. The smallest absolute Gasteiger partial charge is 0.410 e. The van der Waals surface area contributed by atoms with Gasteiger partial charge in [-0.15, -0.1) is 0 Å². The van der Waals surface area contributed by atoms with Crippen LogP contribution >= 0.6 is 0 Å². The Hall–Kier alpha value is -7.42. The van der Waals surface area contributed by atoms with Gasteiger partial charge in [-0.3, -0.25) is 48.7 Å². The van der Waals surface area contributed by atoms with Gasteiger partial charge in [0.15, 0.2) is 0 Å². The number of hydrogen-bond acceptors (Lipinski definition) is 15. The zero-order chi connectivity index (χ0) is 68.2. The highest BCUT2D eigenvalue weighted by molar-refractivity contribution is 5.98. The normalized spacial score (nSPS) is 16.7. The van der Waals surface area contributed by atoms with Crippen molar-refractivity contribution in [1.29, 1.82) is 0 Å². The molecular formula is C65H106N12O14.